The van der Waals surface area contributed by atoms with Crippen LogP contribution in [0.3, 0.4) is 0 Å². The Bertz CT molecular complexity index is 484. The summed E-state index contributed by atoms with van der Waals surface area (Å²) in [6.07, 6.45) is 3.13. The van der Waals surface area contributed by atoms with Crippen molar-refractivity contribution in [3.8, 4) is 0 Å². The Hall–Kier alpha value is -1.33. The summed E-state index contributed by atoms with van der Waals surface area (Å²) in [5, 5.41) is 8.85. The van der Waals surface area contributed by atoms with Crippen molar-refractivity contribution in [2.45, 2.75) is 13.8 Å². The number of carbonyl (C=O) groups excluding carboxylic acids is 1. The minimum atomic E-state index is -0.903. The lowest BCUT2D eigenvalue weighted by Crippen LogP contribution is -2.35. The number of hydrogen-bond donors (Lipinski definition) is 1. The Kier molecular flexibility index (Phi) is 6.05. The smallest absolute Gasteiger partial charge is 0.308 e. The van der Waals surface area contributed by atoms with Crippen LogP contribution in [0, 0.1) is 5.92 Å². The highest BCUT2D eigenvalue weighted by Crippen LogP contribution is 2.22. The van der Waals surface area contributed by atoms with E-state index in [-0.39, 0.29) is 12.5 Å². The first-order valence-corrected chi connectivity index (χ1v) is 7.08. The molecule has 0 radical (unpaired) electrons. The molecule has 1 atom stereocenters. The Morgan fingerprint density at radius 2 is 2.21 bits per heavy atom. The summed E-state index contributed by atoms with van der Waals surface area (Å²) in [7, 11) is 0. The molecular formula is C13H16ClNO3S. The first-order valence-electron chi connectivity index (χ1n) is 5.89. The number of aliphatic carboxylic acids is 1. The maximum atomic E-state index is 11.9. The number of carboxylic acid groups (broad SMARTS) is 1. The van der Waals surface area contributed by atoms with Gasteiger partial charge in [-0.2, -0.15) is 0 Å². The highest BCUT2D eigenvalue weighted by Gasteiger charge is 2.17. The number of halogens is 1. The molecule has 19 heavy (non-hydrogen) atoms. The summed E-state index contributed by atoms with van der Waals surface area (Å²) < 4.78 is 0.666. The predicted octanol–water partition coefficient (Wildman–Crippen LogP) is 2.98. The van der Waals surface area contributed by atoms with Gasteiger partial charge in [-0.15, -0.1) is 11.3 Å². The van der Waals surface area contributed by atoms with Gasteiger partial charge in [0.15, 0.2) is 0 Å². The van der Waals surface area contributed by atoms with Crippen molar-refractivity contribution in [1.82, 2.24) is 4.90 Å². The van der Waals surface area contributed by atoms with Gasteiger partial charge in [-0.1, -0.05) is 18.5 Å². The van der Waals surface area contributed by atoms with E-state index >= 15 is 0 Å². The lowest BCUT2D eigenvalue weighted by Gasteiger charge is -2.21. The van der Waals surface area contributed by atoms with Crippen LogP contribution in [0.4, 0.5) is 0 Å². The minimum absolute atomic E-state index is 0.194. The average molecular weight is 302 g/mol. The normalized spacial score (nSPS) is 12.6. The molecule has 0 aromatic carbocycles. The largest absolute Gasteiger partial charge is 0.481 e. The summed E-state index contributed by atoms with van der Waals surface area (Å²) in [5.41, 5.74) is 0. The second-order valence-corrected chi connectivity index (χ2v) is 5.84. The van der Waals surface area contributed by atoms with Crippen LogP contribution in [0.5, 0.6) is 0 Å². The summed E-state index contributed by atoms with van der Waals surface area (Å²) in [4.78, 5) is 25.1. The molecule has 0 aliphatic rings. The van der Waals surface area contributed by atoms with E-state index in [0.29, 0.717) is 10.9 Å². The van der Waals surface area contributed by atoms with Gasteiger partial charge in [0.1, 0.15) is 0 Å². The minimum Gasteiger partial charge on any atom is -0.481 e. The lowest BCUT2D eigenvalue weighted by molar-refractivity contribution is -0.142. The molecule has 0 aliphatic carbocycles. The van der Waals surface area contributed by atoms with E-state index in [1.807, 2.05) is 13.0 Å². The number of nitrogens with zero attached hydrogens (tertiary/aromatic N) is 1. The molecule has 1 rings (SSSR count). The topological polar surface area (TPSA) is 57.6 Å². The van der Waals surface area contributed by atoms with Crippen LogP contribution >= 0.6 is 22.9 Å². The van der Waals surface area contributed by atoms with Gasteiger partial charge in [-0.3, -0.25) is 9.59 Å². The first-order chi connectivity index (χ1) is 8.93. The molecule has 4 nitrogen and oxygen atoms in total. The third-order valence-corrected chi connectivity index (χ3v) is 3.79. The Morgan fingerprint density at radius 1 is 1.53 bits per heavy atom. The van der Waals surface area contributed by atoms with Crippen LogP contribution in [0.1, 0.15) is 18.7 Å². The Labute approximate surface area is 121 Å². The molecule has 0 saturated carbocycles. The molecule has 1 unspecified atom stereocenters. The monoisotopic (exact) mass is 301 g/mol. The first kappa shape index (κ1) is 15.7. The third kappa shape index (κ3) is 5.04. The van der Waals surface area contributed by atoms with Gasteiger partial charge in [-0.25, -0.2) is 0 Å². The van der Waals surface area contributed by atoms with Crippen LogP contribution in [-0.2, 0) is 9.59 Å². The number of rotatable bonds is 6. The second-order valence-electron chi connectivity index (χ2n) is 4.09. The van der Waals surface area contributed by atoms with E-state index in [0.717, 1.165) is 4.88 Å². The van der Waals surface area contributed by atoms with Gasteiger partial charge in [0, 0.05) is 24.0 Å². The Morgan fingerprint density at radius 3 is 2.68 bits per heavy atom. The van der Waals surface area contributed by atoms with E-state index in [1.54, 1.807) is 19.1 Å². The molecule has 0 spiro atoms. The molecule has 0 bridgehead atoms. The standard InChI is InChI=1S/C13H16ClNO3S/c1-3-15(8-9(2)13(17)18)12(16)7-5-10-4-6-11(14)19-10/h4-7,9H,3,8H2,1-2H3,(H,17,18). The van der Waals surface area contributed by atoms with Gasteiger partial charge in [0.2, 0.25) is 5.91 Å². The number of hydrogen-bond acceptors (Lipinski definition) is 3. The second kappa shape index (κ2) is 7.31. The van der Waals surface area contributed by atoms with Crippen LogP contribution in [-0.4, -0.2) is 35.0 Å². The molecule has 6 heteroatoms. The molecule has 1 aromatic rings. The molecule has 0 fully saturated rings. The molecule has 1 heterocycles. The number of carboxylic acids is 1. The maximum Gasteiger partial charge on any atom is 0.308 e. The van der Waals surface area contributed by atoms with E-state index in [9.17, 15) is 9.59 Å². The highest BCUT2D eigenvalue weighted by molar-refractivity contribution is 7.17. The Balaban J connectivity index is 2.63. The van der Waals surface area contributed by atoms with E-state index < -0.39 is 11.9 Å². The van der Waals surface area contributed by atoms with Crippen molar-refractivity contribution < 1.29 is 14.7 Å². The maximum absolute atomic E-state index is 11.9. The van der Waals surface area contributed by atoms with Gasteiger partial charge >= 0.3 is 5.97 Å². The van der Waals surface area contributed by atoms with Gasteiger partial charge in [0.25, 0.3) is 0 Å². The van der Waals surface area contributed by atoms with E-state index in [1.165, 1.54) is 22.3 Å². The van der Waals surface area contributed by atoms with Crippen LogP contribution in [0.15, 0.2) is 18.2 Å². The van der Waals surface area contributed by atoms with Crippen molar-refractivity contribution in [3.05, 3.63) is 27.4 Å². The molecule has 0 saturated heterocycles. The van der Waals surface area contributed by atoms with Crippen molar-refractivity contribution in [3.63, 3.8) is 0 Å². The zero-order chi connectivity index (χ0) is 14.4. The summed E-state index contributed by atoms with van der Waals surface area (Å²) in [5.74, 6) is -1.67. The number of carbonyl (C=O) groups is 2. The van der Waals surface area contributed by atoms with Gasteiger partial charge in [0.05, 0.1) is 10.3 Å². The fourth-order valence-electron chi connectivity index (χ4n) is 1.46. The summed E-state index contributed by atoms with van der Waals surface area (Å²) in [6, 6.07) is 3.59. The summed E-state index contributed by atoms with van der Waals surface area (Å²) in [6.45, 7) is 4.09. The molecule has 0 aliphatic heterocycles. The molecular weight excluding hydrogens is 286 g/mol. The number of amides is 1. The molecule has 1 N–H and O–H groups in total. The average Bonchev–Trinajstić information content (AvgIpc) is 2.78. The third-order valence-electron chi connectivity index (χ3n) is 2.59. The van der Waals surface area contributed by atoms with Crippen LogP contribution in [0.25, 0.3) is 6.08 Å². The zero-order valence-electron chi connectivity index (χ0n) is 10.8. The highest BCUT2D eigenvalue weighted by atomic mass is 35.5. The molecule has 1 amide bonds. The molecule has 1 aromatic heterocycles. The summed E-state index contributed by atoms with van der Waals surface area (Å²) >= 11 is 7.17. The fourth-order valence-corrected chi connectivity index (χ4v) is 2.42. The van der Waals surface area contributed by atoms with Crippen LogP contribution in [0.2, 0.25) is 4.34 Å². The fraction of sp³-hybridized carbons (Fsp3) is 0.385. The van der Waals surface area contributed by atoms with E-state index in [4.69, 9.17) is 16.7 Å². The SMILES string of the molecule is CCN(CC(C)C(=O)O)C(=O)C=Cc1ccc(Cl)s1. The van der Waals surface area contributed by atoms with E-state index in [2.05, 4.69) is 0 Å². The van der Waals surface area contributed by atoms with Crippen molar-refractivity contribution >= 4 is 40.9 Å². The van der Waals surface area contributed by atoms with Gasteiger partial charge in [-0.05, 0) is 25.1 Å². The van der Waals surface area contributed by atoms with Crippen molar-refractivity contribution in [2.75, 3.05) is 13.1 Å². The number of thiophene rings is 1. The van der Waals surface area contributed by atoms with Crippen molar-refractivity contribution in [1.29, 1.82) is 0 Å². The number of likely N-dealkylation sites (N-methyl/N-ethyl adjacent to an activating group) is 1. The van der Waals surface area contributed by atoms with Gasteiger partial charge < -0.3 is 10.0 Å². The lowest BCUT2D eigenvalue weighted by atomic mass is 10.1. The van der Waals surface area contributed by atoms with Crippen molar-refractivity contribution in [2.24, 2.45) is 5.92 Å². The zero-order valence-corrected chi connectivity index (χ0v) is 12.4. The predicted molar refractivity (Wildman–Crippen MR) is 77.4 cm³/mol. The molecule has 104 valence electrons. The quantitative estimate of drug-likeness (QED) is 0.822. The van der Waals surface area contributed by atoms with Crippen LogP contribution < -0.4 is 0 Å².